The Labute approximate surface area is 102 Å². The molecule has 2 N–H and O–H groups in total. The van der Waals surface area contributed by atoms with Gasteiger partial charge in [0, 0.05) is 44.4 Å². The Morgan fingerprint density at radius 3 is 2.69 bits per heavy atom. The molecule has 0 bridgehead atoms. The number of ether oxygens (including phenoxy) is 1. The first-order chi connectivity index (χ1) is 7.86. The maximum atomic E-state index is 6.00. The molecule has 92 valence electrons. The van der Waals surface area contributed by atoms with E-state index in [1.165, 1.54) is 11.5 Å². The third-order valence-electron chi connectivity index (χ3n) is 3.19. The fraction of sp³-hybridized carbons (Fsp3) is 0.909. The first-order valence-electron chi connectivity index (χ1n) is 6.06. The van der Waals surface area contributed by atoms with E-state index in [1.807, 2.05) is 11.8 Å². The highest BCUT2D eigenvalue weighted by Gasteiger charge is 2.15. The molecule has 0 radical (unpaired) electrons. The van der Waals surface area contributed by atoms with Crippen molar-refractivity contribution in [3.8, 4) is 0 Å². The minimum atomic E-state index is 0.673. The summed E-state index contributed by atoms with van der Waals surface area (Å²) in [4.78, 5) is 6.73. The highest BCUT2D eigenvalue weighted by Crippen LogP contribution is 2.15. The molecule has 0 aromatic carbocycles. The van der Waals surface area contributed by atoms with E-state index in [9.17, 15) is 0 Å². The molecule has 2 heterocycles. The van der Waals surface area contributed by atoms with E-state index in [4.69, 9.17) is 10.5 Å². The summed E-state index contributed by atoms with van der Waals surface area (Å²) in [5.41, 5.74) is 6.00. The summed E-state index contributed by atoms with van der Waals surface area (Å²) in [6, 6.07) is 0. The van der Waals surface area contributed by atoms with Gasteiger partial charge in [0.05, 0.1) is 0 Å². The Morgan fingerprint density at radius 2 is 2.00 bits per heavy atom. The molecule has 0 aromatic rings. The van der Waals surface area contributed by atoms with E-state index in [2.05, 4.69) is 9.89 Å². The monoisotopic (exact) mass is 243 g/mol. The van der Waals surface area contributed by atoms with Crippen molar-refractivity contribution in [2.75, 3.05) is 44.4 Å². The van der Waals surface area contributed by atoms with Gasteiger partial charge in [-0.25, -0.2) is 0 Å². The van der Waals surface area contributed by atoms with E-state index in [1.54, 1.807) is 0 Å². The van der Waals surface area contributed by atoms with Gasteiger partial charge in [0.1, 0.15) is 0 Å². The lowest BCUT2D eigenvalue weighted by molar-refractivity contribution is 0.0688. The molecule has 0 unspecified atom stereocenters. The van der Waals surface area contributed by atoms with E-state index in [0.717, 1.165) is 51.6 Å². The molecule has 16 heavy (non-hydrogen) atoms. The second-order valence-corrected chi connectivity index (χ2v) is 5.58. The zero-order chi connectivity index (χ0) is 11.2. The van der Waals surface area contributed by atoms with Crippen molar-refractivity contribution in [2.45, 2.75) is 12.8 Å². The maximum Gasteiger partial charge on any atom is 0.191 e. The minimum absolute atomic E-state index is 0.673. The minimum Gasteiger partial charge on any atom is -0.381 e. The predicted octanol–water partition coefficient (Wildman–Crippen LogP) is 0.777. The fourth-order valence-electron chi connectivity index (χ4n) is 2.04. The van der Waals surface area contributed by atoms with Crippen molar-refractivity contribution >= 4 is 17.7 Å². The number of aliphatic imine (C=N–C) groups is 1. The van der Waals surface area contributed by atoms with Crippen molar-refractivity contribution in [2.24, 2.45) is 16.6 Å². The van der Waals surface area contributed by atoms with Crippen molar-refractivity contribution in [3.05, 3.63) is 0 Å². The van der Waals surface area contributed by atoms with Gasteiger partial charge in [-0.2, -0.15) is 11.8 Å². The molecule has 2 saturated heterocycles. The van der Waals surface area contributed by atoms with Gasteiger partial charge in [0.2, 0.25) is 0 Å². The van der Waals surface area contributed by atoms with E-state index < -0.39 is 0 Å². The van der Waals surface area contributed by atoms with Gasteiger partial charge in [-0.3, -0.25) is 4.99 Å². The smallest absolute Gasteiger partial charge is 0.191 e. The molecule has 0 aliphatic carbocycles. The van der Waals surface area contributed by atoms with Crippen LogP contribution in [0.4, 0.5) is 0 Å². The third-order valence-corrected chi connectivity index (χ3v) is 4.13. The summed E-state index contributed by atoms with van der Waals surface area (Å²) in [7, 11) is 0. The Hall–Kier alpha value is -0.420. The molecule has 2 fully saturated rings. The molecule has 0 atom stereocenters. The van der Waals surface area contributed by atoms with Crippen LogP contribution in [-0.4, -0.2) is 55.2 Å². The van der Waals surface area contributed by atoms with Crippen LogP contribution < -0.4 is 5.73 Å². The number of hydrogen-bond acceptors (Lipinski definition) is 3. The van der Waals surface area contributed by atoms with E-state index >= 15 is 0 Å². The van der Waals surface area contributed by atoms with Crippen LogP contribution in [0.1, 0.15) is 12.8 Å². The summed E-state index contributed by atoms with van der Waals surface area (Å²) >= 11 is 1.99. The van der Waals surface area contributed by atoms with E-state index in [0.29, 0.717) is 5.92 Å². The largest absolute Gasteiger partial charge is 0.381 e. The number of thioether (sulfide) groups is 1. The zero-order valence-corrected chi connectivity index (χ0v) is 10.5. The molecule has 0 spiro atoms. The van der Waals surface area contributed by atoms with Crippen LogP contribution in [0.15, 0.2) is 4.99 Å². The van der Waals surface area contributed by atoms with E-state index in [-0.39, 0.29) is 0 Å². The average molecular weight is 243 g/mol. The number of guanidine groups is 1. The highest BCUT2D eigenvalue weighted by atomic mass is 32.2. The van der Waals surface area contributed by atoms with Crippen LogP contribution >= 0.6 is 11.8 Å². The van der Waals surface area contributed by atoms with Crippen molar-refractivity contribution < 1.29 is 4.74 Å². The number of hydrogen-bond donors (Lipinski definition) is 1. The van der Waals surface area contributed by atoms with Crippen LogP contribution in [0.2, 0.25) is 0 Å². The molecule has 0 amide bonds. The third kappa shape index (κ3) is 3.56. The molecule has 2 rings (SSSR count). The van der Waals surface area contributed by atoms with Crippen LogP contribution in [0.5, 0.6) is 0 Å². The topological polar surface area (TPSA) is 50.9 Å². The zero-order valence-electron chi connectivity index (χ0n) is 9.73. The summed E-state index contributed by atoms with van der Waals surface area (Å²) in [5.74, 6) is 3.76. The highest BCUT2D eigenvalue weighted by molar-refractivity contribution is 7.99. The molecule has 0 saturated carbocycles. The van der Waals surface area contributed by atoms with Crippen LogP contribution in [0.25, 0.3) is 0 Å². The van der Waals surface area contributed by atoms with Crippen LogP contribution in [0.3, 0.4) is 0 Å². The SMILES string of the molecule is NC(=NCC1CCOCC1)N1CCSCC1. The lowest BCUT2D eigenvalue weighted by Crippen LogP contribution is -2.43. The second kappa shape index (κ2) is 6.35. The van der Waals surface area contributed by atoms with Crippen LogP contribution in [-0.2, 0) is 4.74 Å². The Morgan fingerprint density at radius 1 is 1.31 bits per heavy atom. The molecule has 5 heteroatoms. The van der Waals surface area contributed by atoms with Gasteiger partial charge in [0.25, 0.3) is 0 Å². The van der Waals surface area contributed by atoms with Crippen molar-refractivity contribution in [1.29, 1.82) is 0 Å². The predicted molar refractivity (Wildman–Crippen MR) is 68.9 cm³/mol. The summed E-state index contributed by atoms with van der Waals surface area (Å²) in [6.07, 6.45) is 2.26. The normalized spacial score (nSPS) is 24.8. The Bertz CT molecular complexity index is 235. The average Bonchev–Trinajstić information content (AvgIpc) is 2.38. The molecule has 2 aliphatic heterocycles. The molecule has 2 aliphatic rings. The first-order valence-corrected chi connectivity index (χ1v) is 7.22. The van der Waals surface area contributed by atoms with Crippen LogP contribution in [0, 0.1) is 5.92 Å². The summed E-state index contributed by atoms with van der Waals surface area (Å²) in [5, 5.41) is 0. The number of nitrogens with zero attached hydrogens (tertiary/aromatic N) is 2. The lowest BCUT2D eigenvalue weighted by atomic mass is 10.0. The summed E-state index contributed by atoms with van der Waals surface area (Å²) in [6.45, 7) is 4.75. The molecular weight excluding hydrogens is 222 g/mol. The quantitative estimate of drug-likeness (QED) is 0.575. The molecule has 4 nitrogen and oxygen atoms in total. The van der Waals surface area contributed by atoms with Gasteiger partial charge in [-0.05, 0) is 18.8 Å². The Balaban J connectivity index is 1.76. The van der Waals surface area contributed by atoms with Gasteiger partial charge in [-0.15, -0.1) is 0 Å². The first kappa shape index (κ1) is 12.0. The van der Waals surface area contributed by atoms with Crippen molar-refractivity contribution in [1.82, 2.24) is 4.90 Å². The second-order valence-electron chi connectivity index (χ2n) is 4.35. The van der Waals surface area contributed by atoms with Gasteiger partial charge >= 0.3 is 0 Å². The van der Waals surface area contributed by atoms with Crippen molar-refractivity contribution in [3.63, 3.8) is 0 Å². The van der Waals surface area contributed by atoms with Gasteiger partial charge in [-0.1, -0.05) is 0 Å². The van der Waals surface area contributed by atoms with Gasteiger partial charge in [0.15, 0.2) is 5.96 Å². The van der Waals surface area contributed by atoms with Gasteiger partial charge < -0.3 is 15.4 Å². The summed E-state index contributed by atoms with van der Waals surface area (Å²) < 4.78 is 5.33. The number of nitrogens with two attached hydrogens (primary N) is 1. The maximum absolute atomic E-state index is 6.00. The standard InChI is InChI=1S/C11H21N3OS/c12-11(14-3-7-16-8-4-14)13-9-10-1-5-15-6-2-10/h10H,1-9H2,(H2,12,13). The lowest BCUT2D eigenvalue weighted by Gasteiger charge is -2.28. The molecular formula is C11H21N3OS. The molecule has 0 aromatic heterocycles. The number of rotatable bonds is 2. The Kier molecular flexibility index (Phi) is 4.78. The fourth-order valence-corrected chi connectivity index (χ4v) is 2.95.